The van der Waals surface area contributed by atoms with Crippen LogP contribution in [-0.2, 0) is 4.79 Å². The van der Waals surface area contributed by atoms with Gasteiger partial charge in [0.05, 0.1) is 29.8 Å². The van der Waals surface area contributed by atoms with Gasteiger partial charge in [0, 0.05) is 0 Å². The molecule has 0 saturated carbocycles. The van der Waals surface area contributed by atoms with E-state index in [1.54, 1.807) is 6.92 Å². The van der Waals surface area contributed by atoms with Crippen molar-refractivity contribution in [1.29, 1.82) is 0 Å². The normalized spacial score (nSPS) is 14.6. The van der Waals surface area contributed by atoms with E-state index in [0.29, 0.717) is 5.84 Å². The second kappa shape index (κ2) is 9.23. The summed E-state index contributed by atoms with van der Waals surface area (Å²) in [5.74, 6) is -1.51. The highest BCUT2D eigenvalue weighted by molar-refractivity contribution is 8.24. The minimum absolute atomic E-state index is 0.0547. The first-order chi connectivity index (χ1) is 7.74. The second-order valence-electron chi connectivity index (χ2n) is 3.44. The molecule has 0 aromatic heterocycles. The summed E-state index contributed by atoms with van der Waals surface area (Å²) in [4.78, 5) is 14.3. The molecule has 0 aliphatic carbocycles. The zero-order valence-corrected chi connectivity index (χ0v) is 11.3. The van der Waals surface area contributed by atoms with Crippen molar-refractivity contribution in [3.63, 3.8) is 0 Å². The Bertz CT molecular complexity index is 255. The van der Waals surface area contributed by atoms with E-state index in [1.807, 2.05) is 0 Å². The highest BCUT2D eigenvalue weighted by Gasteiger charge is 2.21. The molecule has 0 heterocycles. The lowest BCUT2D eigenvalue weighted by Crippen LogP contribution is -2.21. The first-order valence-corrected chi connectivity index (χ1v) is 6.94. The van der Waals surface area contributed by atoms with Gasteiger partial charge in [-0.1, -0.05) is 6.92 Å². The number of hydrogen-bond donors (Lipinski definition) is 5. The standard InChI is InChI=1S/C8H18N2O4S.CH5N/c1-6(8(11)12)5-15(13,14)4-3-10-7(2)9;1-2/h6,13-14H,3-5H2,1-2H3,(H2,9,10)(H,11,12);2H2,1H3. The lowest BCUT2D eigenvalue weighted by atomic mass is 10.2. The number of rotatable bonds is 6. The second-order valence-corrected chi connectivity index (χ2v) is 5.78. The van der Waals surface area contributed by atoms with Gasteiger partial charge in [-0.3, -0.25) is 18.9 Å². The Labute approximate surface area is 103 Å². The number of aliphatic imine (C=N–C) groups is 1. The minimum atomic E-state index is -2.86. The lowest BCUT2D eigenvalue weighted by Gasteiger charge is -2.32. The quantitative estimate of drug-likeness (QED) is 0.349. The van der Waals surface area contributed by atoms with Gasteiger partial charge in [-0.2, -0.15) is 10.6 Å². The molecule has 1 unspecified atom stereocenters. The zero-order valence-electron chi connectivity index (χ0n) is 10.5. The lowest BCUT2D eigenvalue weighted by molar-refractivity contribution is -0.140. The third-order valence-electron chi connectivity index (χ3n) is 1.72. The van der Waals surface area contributed by atoms with E-state index in [-0.39, 0.29) is 18.1 Å². The van der Waals surface area contributed by atoms with Crippen LogP contribution in [0.25, 0.3) is 0 Å². The van der Waals surface area contributed by atoms with Crippen molar-refractivity contribution in [3.05, 3.63) is 0 Å². The molecule has 1 atom stereocenters. The predicted octanol–water partition coefficient (Wildman–Crippen LogP) is 0.410. The number of amidine groups is 1. The van der Waals surface area contributed by atoms with E-state index in [1.165, 1.54) is 14.0 Å². The summed E-state index contributed by atoms with van der Waals surface area (Å²) >= 11 is 0. The third kappa shape index (κ3) is 11.4. The zero-order chi connectivity index (χ0) is 14.1. The number of nitrogens with zero attached hydrogens (tertiary/aromatic N) is 1. The van der Waals surface area contributed by atoms with Crippen LogP contribution < -0.4 is 11.5 Å². The van der Waals surface area contributed by atoms with Crippen LogP contribution in [0.5, 0.6) is 0 Å². The van der Waals surface area contributed by atoms with Crippen LogP contribution >= 0.6 is 10.6 Å². The van der Waals surface area contributed by atoms with Crippen LogP contribution in [0, 0.1) is 5.92 Å². The van der Waals surface area contributed by atoms with Crippen LogP contribution in [0.3, 0.4) is 0 Å². The van der Waals surface area contributed by atoms with Crippen molar-refractivity contribution in [3.8, 4) is 0 Å². The van der Waals surface area contributed by atoms with Crippen LogP contribution in [0.15, 0.2) is 4.99 Å². The Balaban J connectivity index is 0. The summed E-state index contributed by atoms with van der Waals surface area (Å²) in [5.41, 5.74) is 9.77. The van der Waals surface area contributed by atoms with Crippen molar-refractivity contribution >= 4 is 22.4 Å². The number of carboxylic acids is 1. The largest absolute Gasteiger partial charge is 0.481 e. The van der Waals surface area contributed by atoms with Crippen LogP contribution in [-0.4, -0.2) is 51.1 Å². The van der Waals surface area contributed by atoms with E-state index < -0.39 is 22.5 Å². The molecule has 0 aromatic rings. The smallest absolute Gasteiger partial charge is 0.307 e. The van der Waals surface area contributed by atoms with Gasteiger partial charge in [-0.25, -0.2) is 0 Å². The third-order valence-corrected chi connectivity index (χ3v) is 3.59. The highest BCUT2D eigenvalue weighted by Crippen LogP contribution is 2.40. The molecule has 0 aliphatic heterocycles. The Morgan fingerprint density at radius 3 is 2.24 bits per heavy atom. The van der Waals surface area contributed by atoms with Crippen LogP contribution in [0.4, 0.5) is 0 Å². The molecule has 7 nitrogen and oxygen atoms in total. The molecule has 0 saturated heterocycles. The maximum atomic E-state index is 10.5. The van der Waals surface area contributed by atoms with E-state index in [2.05, 4.69) is 10.7 Å². The average Bonchev–Trinajstić information content (AvgIpc) is 2.18. The van der Waals surface area contributed by atoms with Crippen LogP contribution in [0.2, 0.25) is 0 Å². The van der Waals surface area contributed by atoms with Crippen molar-refractivity contribution in [2.45, 2.75) is 13.8 Å². The molecule has 8 heteroatoms. The van der Waals surface area contributed by atoms with Crippen molar-refractivity contribution < 1.29 is 19.0 Å². The summed E-state index contributed by atoms with van der Waals surface area (Å²) in [6.07, 6.45) is 0. The Hall–Kier alpha value is -0.830. The SMILES string of the molecule is CC(N)=NCCS(O)(O)CC(C)C(=O)O.CN. The molecular weight excluding hydrogens is 246 g/mol. The fourth-order valence-corrected chi connectivity index (χ4v) is 2.42. The maximum absolute atomic E-state index is 10.5. The summed E-state index contributed by atoms with van der Waals surface area (Å²) in [6, 6.07) is 0. The molecule has 0 spiro atoms. The van der Waals surface area contributed by atoms with E-state index >= 15 is 0 Å². The van der Waals surface area contributed by atoms with Gasteiger partial charge < -0.3 is 16.6 Å². The Kier molecular flexibility index (Phi) is 10.1. The molecule has 0 fully saturated rings. The van der Waals surface area contributed by atoms with Gasteiger partial charge in [-0.05, 0) is 14.0 Å². The molecular formula is C9H23N3O4S. The molecule has 0 radical (unpaired) electrons. The maximum Gasteiger partial charge on any atom is 0.307 e. The van der Waals surface area contributed by atoms with Gasteiger partial charge in [0.15, 0.2) is 0 Å². The number of carbonyl (C=O) groups is 1. The number of carboxylic acid groups (broad SMARTS) is 1. The molecule has 7 N–H and O–H groups in total. The number of hydrogen-bond acceptors (Lipinski definition) is 5. The molecule has 0 aliphatic rings. The first kappa shape index (κ1) is 18.5. The first-order valence-electron chi connectivity index (χ1n) is 5.05. The average molecular weight is 269 g/mol. The summed E-state index contributed by atoms with van der Waals surface area (Å²) < 4.78 is 19.0. The molecule has 0 rings (SSSR count). The van der Waals surface area contributed by atoms with Gasteiger partial charge in [0.1, 0.15) is 0 Å². The summed E-state index contributed by atoms with van der Waals surface area (Å²) in [7, 11) is -1.36. The summed E-state index contributed by atoms with van der Waals surface area (Å²) in [5, 5.41) is 8.60. The fraction of sp³-hybridized carbons (Fsp3) is 0.778. The van der Waals surface area contributed by atoms with Crippen molar-refractivity contribution in [2.75, 3.05) is 25.1 Å². The summed E-state index contributed by atoms with van der Waals surface area (Å²) in [6.45, 7) is 3.25. The fourth-order valence-electron chi connectivity index (χ4n) is 0.923. The van der Waals surface area contributed by atoms with Gasteiger partial charge in [0.2, 0.25) is 0 Å². The Morgan fingerprint density at radius 2 is 1.88 bits per heavy atom. The molecule has 0 amide bonds. The predicted molar refractivity (Wildman–Crippen MR) is 71.7 cm³/mol. The van der Waals surface area contributed by atoms with E-state index in [9.17, 15) is 13.9 Å². The molecule has 0 bridgehead atoms. The monoisotopic (exact) mass is 269 g/mol. The number of nitrogens with two attached hydrogens (primary N) is 2. The molecule has 17 heavy (non-hydrogen) atoms. The topological polar surface area (TPSA) is 142 Å². The molecule has 104 valence electrons. The van der Waals surface area contributed by atoms with Gasteiger partial charge in [0.25, 0.3) is 0 Å². The number of aliphatic carboxylic acids is 1. The van der Waals surface area contributed by atoms with Gasteiger partial charge >= 0.3 is 5.97 Å². The van der Waals surface area contributed by atoms with E-state index in [4.69, 9.17) is 10.8 Å². The minimum Gasteiger partial charge on any atom is -0.481 e. The molecule has 0 aromatic carbocycles. The Morgan fingerprint density at radius 1 is 1.41 bits per heavy atom. The highest BCUT2D eigenvalue weighted by atomic mass is 32.3. The van der Waals surface area contributed by atoms with Crippen molar-refractivity contribution in [1.82, 2.24) is 0 Å². The van der Waals surface area contributed by atoms with Crippen LogP contribution in [0.1, 0.15) is 13.8 Å². The van der Waals surface area contributed by atoms with Gasteiger partial charge in [-0.15, -0.1) is 0 Å². The van der Waals surface area contributed by atoms with Crippen molar-refractivity contribution in [2.24, 2.45) is 22.4 Å². The van der Waals surface area contributed by atoms with E-state index in [0.717, 1.165) is 0 Å².